The molecule has 4 heteroatoms. The lowest BCUT2D eigenvalue weighted by molar-refractivity contribution is 0.205. The molecule has 0 radical (unpaired) electrons. The first kappa shape index (κ1) is 12.7. The normalized spacial score (nSPS) is 10.1. The minimum atomic E-state index is -0.0101. The summed E-state index contributed by atoms with van der Waals surface area (Å²) in [4.78, 5) is 6.10. The van der Waals surface area contributed by atoms with Crippen molar-refractivity contribution in [1.82, 2.24) is 4.98 Å². The smallest absolute Gasteiger partial charge is 0.0717 e. The van der Waals surface area contributed by atoms with E-state index in [0.717, 1.165) is 24.3 Å². The summed E-state index contributed by atoms with van der Waals surface area (Å²) < 4.78 is 5.06. The van der Waals surface area contributed by atoms with Crippen LogP contribution in [-0.2, 0) is 11.3 Å². The molecule has 0 saturated heterocycles. The monoisotopic (exact) mass is 222 g/mol. The van der Waals surface area contributed by atoms with Crippen molar-refractivity contribution in [3.8, 4) is 0 Å². The first-order chi connectivity index (χ1) is 7.83. The van der Waals surface area contributed by atoms with Gasteiger partial charge in [-0.25, -0.2) is 0 Å². The van der Waals surface area contributed by atoms with E-state index in [0.29, 0.717) is 6.61 Å². The zero-order valence-electron chi connectivity index (χ0n) is 9.59. The van der Waals surface area contributed by atoms with Gasteiger partial charge in [0.25, 0.3) is 0 Å². The van der Waals surface area contributed by atoms with E-state index in [1.807, 2.05) is 12.1 Å². The molecule has 0 spiro atoms. The van der Waals surface area contributed by atoms with E-state index in [1.165, 1.54) is 0 Å². The maximum Gasteiger partial charge on any atom is 0.0717 e. The van der Waals surface area contributed by atoms with Gasteiger partial charge in [0.1, 0.15) is 0 Å². The molecule has 4 nitrogen and oxygen atoms in total. The predicted octanol–water partition coefficient (Wildman–Crippen LogP) is 1.21. The van der Waals surface area contributed by atoms with Crippen LogP contribution >= 0.6 is 0 Å². The van der Waals surface area contributed by atoms with Gasteiger partial charge in [-0.2, -0.15) is 0 Å². The molecule has 0 saturated carbocycles. The molecule has 1 rings (SSSR count). The number of hydrogen-bond donors (Lipinski definition) is 1. The van der Waals surface area contributed by atoms with E-state index in [1.54, 1.807) is 19.5 Å². The Hall–Kier alpha value is -1.39. The van der Waals surface area contributed by atoms with Crippen LogP contribution in [0.1, 0.15) is 5.56 Å². The number of methoxy groups -OCH3 is 1. The maximum absolute atomic E-state index is 9.24. The second-order valence-corrected chi connectivity index (χ2v) is 3.39. The van der Waals surface area contributed by atoms with Crippen LogP contribution in [0.4, 0.5) is 5.69 Å². The van der Waals surface area contributed by atoms with E-state index in [-0.39, 0.29) is 6.61 Å². The number of aliphatic hydroxyl groups is 1. The molecule has 0 atom stereocenters. The van der Waals surface area contributed by atoms with Gasteiger partial charge in [0.2, 0.25) is 0 Å². The highest BCUT2D eigenvalue weighted by atomic mass is 16.5. The minimum Gasteiger partial charge on any atom is -0.392 e. The van der Waals surface area contributed by atoms with Gasteiger partial charge in [0, 0.05) is 43.8 Å². The highest BCUT2D eigenvalue weighted by molar-refractivity contribution is 5.52. The molecule has 16 heavy (non-hydrogen) atoms. The molecule has 0 fully saturated rings. The van der Waals surface area contributed by atoms with E-state index < -0.39 is 0 Å². The SMILES string of the molecule is C=CCN(CCOC)c1ccncc1CO. The fourth-order valence-corrected chi connectivity index (χ4v) is 1.52. The highest BCUT2D eigenvalue weighted by Gasteiger charge is 2.08. The van der Waals surface area contributed by atoms with Crippen LogP contribution in [0.15, 0.2) is 31.1 Å². The van der Waals surface area contributed by atoms with E-state index >= 15 is 0 Å². The third-order valence-electron chi connectivity index (χ3n) is 2.30. The summed E-state index contributed by atoms with van der Waals surface area (Å²) in [7, 11) is 1.67. The number of rotatable bonds is 7. The Morgan fingerprint density at radius 3 is 3.06 bits per heavy atom. The summed E-state index contributed by atoms with van der Waals surface area (Å²) >= 11 is 0. The Kier molecular flexibility index (Phi) is 5.53. The van der Waals surface area contributed by atoms with Crippen LogP contribution in [0, 0.1) is 0 Å². The molecular weight excluding hydrogens is 204 g/mol. The van der Waals surface area contributed by atoms with Gasteiger partial charge in [-0.1, -0.05) is 6.08 Å². The number of ether oxygens (including phenoxy) is 1. The molecule has 1 heterocycles. The standard InChI is InChI=1S/C12H18N2O2/c1-3-6-14(7-8-16-2)12-4-5-13-9-11(12)10-15/h3-5,9,15H,1,6-8,10H2,2H3. The summed E-state index contributed by atoms with van der Waals surface area (Å²) in [6, 6.07) is 1.89. The van der Waals surface area contributed by atoms with Crippen molar-refractivity contribution in [2.24, 2.45) is 0 Å². The lowest BCUT2D eigenvalue weighted by Crippen LogP contribution is -2.28. The van der Waals surface area contributed by atoms with Gasteiger partial charge >= 0.3 is 0 Å². The maximum atomic E-state index is 9.24. The largest absolute Gasteiger partial charge is 0.392 e. The Labute approximate surface area is 96.2 Å². The van der Waals surface area contributed by atoms with Gasteiger partial charge in [0.05, 0.1) is 13.2 Å². The third-order valence-corrected chi connectivity index (χ3v) is 2.30. The van der Waals surface area contributed by atoms with Crippen LogP contribution in [-0.4, -0.2) is 36.9 Å². The van der Waals surface area contributed by atoms with Crippen molar-refractivity contribution in [3.63, 3.8) is 0 Å². The van der Waals surface area contributed by atoms with Crippen LogP contribution in [0.5, 0.6) is 0 Å². The lowest BCUT2D eigenvalue weighted by Gasteiger charge is -2.24. The molecule has 0 unspecified atom stereocenters. The Bertz CT molecular complexity index is 329. The minimum absolute atomic E-state index is 0.0101. The highest BCUT2D eigenvalue weighted by Crippen LogP contribution is 2.18. The third kappa shape index (κ3) is 3.32. The number of pyridine rings is 1. The van der Waals surface area contributed by atoms with Crippen LogP contribution < -0.4 is 4.90 Å². The predicted molar refractivity (Wildman–Crippen MR) is 64.4 cm³/mol. The van der Waals surface area contributed by atoms with Gasteiger partial charge in [-0.05, 0) is 6.07 Å². The summed E-state index contributed by atoms with van der Waals surface area (Å²) in [5.41, 5.74) is 1.80. The fraction of sp³-hybridized carbons (Fsp3) is 0.417. The summed E-state index contributed by atoms with van der Waals surface area (Å²) in [5.74, 6) is 0. The molecule has 0 aliphatic carbocycles. The van der Waals surface area contributed by atoms with Crippen molar-refractivity contribution >= 4 is 5.69 Å². The van der Waals surface area contributed by atoms with E-state index in [4.69, 9.17) is 4.74 Å². The van der Waals surface area contributed by atoms with Crippen LogP contribution in [0.2, 0.25) is 0 Å². The quantitative estimate of drug-likeness (QED) is 0.704. The zero-order chi connectivity index (χ0) is 11.8. The van der Waals surface area contributed by atoms with Crippen molar-refractivity contribution in [1.29, 1.82) is 0 Å². The van der Waals surface area contributed by atoms with E-state index in [2.05, 4.69) is 16.5 Å². The number of hydrogen-bond acceptors (Lipinski definition) is 4. The zero-order valence-corrected chi connectivity index (χ0v) is 9.59. The summed E-state index contributed by atoms with van der Waals surface area (Å²) in [6.07, 6.45) is 5.23. The first-order valence-electron chi connectivity index (χ1n) is 5.22. The first-order valence-corrected chi connectivity index (χ1v) is 5.22. The van der Waals surface area contributed by atoms with E-state index in [9.17, 15) is 5.11 Å². The topological polar surface area (TPSA) is 45.6 Å². The fourth-order valence-electron chi connectivity index (χ4n) is 1.52. The van der Waals surface area contributed by atoms with Crippen LogP contribution in [0.25, 0.3) is 0 Å². The molecular formula is C12H18N2O2. The summed E-state index contributed by atoms with van der Waals surface area (Å²) in [6.45, 7) is 5.84. The van der Waals surface area contributed by atoms with Crippen molar-refractivity contribution in [2.45, 2.75) is 6.61 Å². The lowest BCUT2D eigenvalue weighted by atomic mass is 10.2. The van der Waals surface area contributed by atoms with Crippen molar-refractivity contribution in [3.05, 3.63) is 36.7 Å². The van der Waals surface area contributed by atoms with Crippen molar-refractivity contribution < 1.29 is 9.84 Å². The average molecular weight is 222 g/mol. The molecule has 1 N–H and O–H groups in total. The second-order valence-electron chi connectivity index (χ2n) is 3.39. The van der Waals surface area contributed by atoms with Gasteiger partial charge < -0.3 is 14.7 Å². The molecule has 0 aliphatic heterocycles. The molecule has 1 aromatic rings. The Morgan fingerprint density at radius 2 is 2.44 bits per heavy atom. The summed E-state index contributed by atoms with van der Waals surface area (Å²) in [5, 5.41) is 9.24. The number of aromatic nitrogens is 1. The molecule has 88 valence electrons. The molecule has 0 amide bonds. The Balaban J connectivity index is 2.85. The molecule has 0 aliphatic rings. The van der Waals surface area contributed by atoms with Gasteiger partial charge in [-0.15, -0.1) is 6.58 Å². The molecule has 1 aromatic heterocycles. The van der Waals surface area contributed by atoms with Crippen molar-refractivity contribution in [2.75, 3.05) is 31.7 Å². The van der Waals surface area contributed by atoms with Gasteiger partial charge in [0.15, 0.2) is 0 Å². The average Bonchev–Trinajstić information content (AvgIpc) is 2.34. The van der Waals surface area contributed by atoms with Gasteiger partial charge in [-0.3, -0.25) is 4.98 Å². The molecule has 0 bridgehead atoms. The molecule has 0 aromatic carbocycles. The van der Waals surface area contributed by atoms with Crippen LogP contribution in [0.3, 0.4) is 0 Å². The number of aliphatic hydroxyl groups excluding tert-OH is 1. The Morgan fingerprint density at radius 1 is 1.62 bits per heavy atom. The number of nitrogens with zero attached hydrogens (tertiary/aromatic N) is 2. The number of anilines is 1. The second kappa shape index (κ2) is 6.98.